The van der Waals surface area contributed by atoms with Crippen LogP contribution in [0.25, 0.3) is 0 Å². The molecule has 0 rings (SSSR count). The molecule has 14 heteroatoms. The zero-order chi connectivity index (χ0) is 10.7. The van der Waals surface area contributed by atoms with E-state index in [1.807, 2.05) is 0 Å². The van der Waals surface area contributed by atoms with E-state index in [2.05, 4.69) is 0 Å². The van der Waals surface area contributed by atoms with Gasteiger partial charge in [-0.05, 0) is 0 Å². The monoisotopic (exact) mass is 498 g/mol. The van der Waals surface area contributed by atoms with E-state index < -0.39 is 25.8 Å². The zero-order valence-electron chi connectivity index (χ0n) is 6.78. The van der Waals surface area contributed by atoms with Gasteiger partial charge < -0.3 is 44.0 Å². The first-order valence-electron chi connectivity index (χ1n) is 1.80. The van der Waals surface area contributed by atoms with Crippen LogP contribution in [0.2, 0.25) is 0 Å². The van der Waals surface area contributed by atoms with Gasteiger partial charge in [-0.1, -0.05) is 0 Å². The predicted molar refractivity (Wildman–Crippen MR) is 46.5 cm³/mol. The van der Waals surface area contributed by atoms with Gasteiger partial charge in [-0.25, -0.2) is 0 Å². The fourth-order valence-electron chi connectivity index (χ4n) is 0. The largest absolute Gasteiger partial charge is 0.328 e. The Morgan fingerprint density at radius 2 is 0.429 bits per heavy atom. The van der Waals surface area contributed by atoms with Gasteiger partial charge in [0.05, 0.1) is 0 Å². The summed E-state index contributed by atoms with van der Waals surface area (Å²) in [6, 6.07) is 0. The molecule has 0 amide bonds. The summed E-state index contributed by atoms with van der Waals surface area (Å²) >= 11 is 0. The average molecular weight is 496 g/mol. The molecule has 0 heterocycles. The van der Waals surface area contributed by atoms with Crippen LogP contribution < -0.4 is 0 Å². The van der Waals surface area contributed by atoms with Crippen molar-refractivity contribution in [2.75, 3.05) is 0 Å². The second kappa shape index (κ2) is 25.3. The van der Waals surface area contributed by atoms with Crippen LogP contribution in [0.3, 0.4) is 0 Å². The summed E-state index contributed by atoms with van der Waals surface area (Å²) in [5.41, 5.74) is 0. The van der Waals surface area contributed by atoms with Crippen LogP contribution >= 0.6 is 25.8 Å². The molecule has 9 N–H and O–H groups in total. The first kappa shape index (κ1) is 30.4. The molecule has 0 aliphatic carbocycles. The molecule has 0 aromatic rings. The summed E-state index contributed by atoms with van der Waals surface area (Å²) in [6.07, 6.45) is 0. The molecule has 0 saturated heterocycles. The molecule has 0 aliphatic rings. The fraction of sp³-hybridized carbons (Fsp3) is 0. The van der Waals surface area contributed by atoms with Crippen LogP contribution in [0, 0.1) is 0 Å². The van der Waals surface area contributed by atoms with Gasteiger partial charge in [0.25, 0.3) is 0 Å². The van der Waals surface area contributed by atoms with E-state index in [0.717, 1.165) is 0 Å². The normalized spacial score (nSPS) is 7.71. The Hall–Kier alpha value is 3.42. The van der Waals surface area contributed by atoms with E-state index in [1.54, 1.807) is 0 Å². The molecule has 0 saturated carbocycles. The Kier molecular flexibility index (Phi) is 55.1. The van der Waals surface area contributed by atoms with E-state index in [1.165, 1.54) is 0 Å². The maximum absolute atomic E-state index is 7.23. The summed E-state index contributed by atoms with van der Waals surface area (Å²) in [5, 5.41) is 0. The molecule has 0 bridgehead atoms. The fourth-order valence-corrected chi connectivity index (χ4v) is 0. The summed E-state index contributed by atoms with van der Waals surface area (Å²) in [4.78, 5) is 65.1. The van der Waals surface area contributed by atoms with Crippen molar-refractivity contribution >= 4 is 74.7 Å². The molecule has 82 valence electrons. The minimum Gasteiger partial charge on any atom is -0.328 e. The SMILES string of the molecule is OP(O)O.OP(O)O.OP(O)O.[Ba].[Cd]. The van der Waals surface area contributed by atoms with Gasteiger partial charge in [-0.15, -0.1) is 0 Å². The molecule has 2 radical (unpaired) electrons. The smallest absolute Gasteiger partial charge is 0.324 e. The van der Waals surface area contributed by atoms with Crippen LogP contribution in [0.15, 0.2) is 0 Å². The molecule has 0 aromatic carbocycles. The van der Waals surface area contributed by atoms with Crippen molar-refractivity contribution in [2.45, 2.75) is 0 Å². The molecule has 0 atom stereocenters. The van der Waals surface area contributed by atoms with E-state index >= 15 is 0 Å². The first-order valence-corrected chi connectivity index (χ1v) is 5.40. The quantitative estimate of drug-likeness (QED) is 0.126. The van der Waals surface area contributed by atoms with Gasteiger partial charge in [0.15, 0.2) is 0 Å². The summed E-state index contributed by atoms with van der Waals surface area (Å²) in [5.74, 6) is 0. The maximum Gasteiger partial charge on any atom is 0.324 e. The van der Waals surface area contributed by atoms with E-state index in [0.29, 0.717) is 0 Å². The first-order chi connectivity index (χ1) is 5.20. The molecule has 0 fully saturated rings. The standard InChI is InChI=1S/Ba.Cd.3H3O3P/c;;3*1-4(2)3/h;;3*1-3H. The van der Waals surface area contributed by atoms with E-state index in [-0.39, 0.29) is 76.2 Å². The Bertz CT molecular complexity index is 48.5. The van der Waals surface area contributed by atoms with Gasteiger partial charge in [-0.2, -0.15) is 0 Å². The minimum atomic E-state index is -2.62. The second-order valence-corrected chi connectivity index (χ2v) is 2.41. The van der Waals surface area contributed by atoms with Crippen molar-refractivity contribution in [3.8, 4) is 0 Å². The third kappa shape index (κ3) is 274. The van der Waals surface area contributed by atoms with Crippen molar-refractivity contribution in [2.24, 2.45) is 0 Å². The Balaban J connectivity index is -0.0000000270. The summed E-state index contributed by atoms with van der Waals surface area (Å²) in [7, 11) is -7.86. The van der Waals surface area contributed by atoms with Gasteiger partial charge in [-0.3, -0.25) is 0 Å². The minimum absolute atomic E-state index is 0. The molecular formula is H9BaCdO9P3. The molecule has 0 unspecified atom stereocenters. The summed E-state index contributed by atoms with van der Waals surface area (Å²) in [6.45, 7) is 0. The van der Waals surface area contributed by atoms with Crippen molar-refractivity contribution in [1.82, 2.24) is 0 Å². The van der Waals surface area contributed by atoms with Gasteiger partial charge >= 0.3 is 25.8 Å². The molecule has 0 aromatic heterocycles. The van der Waals surface area contributed by atoms with Crippen LogP contribution in [0.1, 0.15) is 0 Å². The van der Waals surface area contributed by atoms with Gasteiger partial charge in [0.1, 0.15) is 0 Å². The van der Waals surface area contributed by atoms with Crippen LogP contribution in [0.4, 0.5) is 0 Å². The Morgan fingerprint density at radius 1 is 0.429 bits per heavy atom. The number of rotatable bonds is 0. The maximum atomic E-state index is 7.23. The van der Waals surface area contributed by atoms with Gasteiger partial charge in [0, 0.05) is 76.2 Å². The van der Waals surface area contributed by atoms with Crippen LogP contribution in [-0.2, 0) is 27.3 Å². The number of hydrogen-bond acceptors (Lipinski definition) is 9. The van der Waals surface area contributed by atoms with Crippen molar-refractivity contribution in [3.05, 3.63) is 0 Å². The second-order valence-electron chi connectivity index (χ2n) is 0.805. The zero-order valence-corrected chi connectivity index (χ0v) is 17.9. The third-order valence-electron chi connectivity index (χ3n) is 0. The van der Waals surface area contributed by atoms with Crippen LogP contribution in [-0.4, -0.2) is 92.9 Å². The van der Waals surface area contributed by atoms with E-state index in [9.17, 15) is 0 Å². The molecule has 9 nitrogen and oxygen atoms in total. The third-order valence-corrected chi connectivity index (χ3v) is 0. The molecule has 0 spiro atoms. The summed E-state index contributed by atoms with van der Waals surface area (Å²) < 4.78 is 0. The van der Waals surface area contributed by atoms with E-state index in [4.69, 9.17) is 44.0 Å². The molecular weight excluding hydrogens is 487 g/mol. The van der Waals surface area contributed by atoms with Gasteiger partial charge in [0.2, 0.25) is 0 Å². The van der Waals surface area contributed by atoms with Crippen molar-refractivity contribution in [3.63, 3.8) is 0 Å². The van der Waals surface area contributed by atoms with Crippen molar-refractivity contribution < 1.29 is 71.3 Å². The topological polar surface area (TPSA) is 182 Å². The van der Waals surface area contributed by atoms with Crippen molar-refractivity contribution in [1.29, 1.82) is 0 Å². The number of hydrogen-bond donors (Lipinski definition) is 9. The molecule has 0 aliphatic heterocycles. The Morgan fingerprint density at radius 3 is 0.429 bits per heavy atom. The average Bonchev–Trinajstić information content (AvgIpc) is 1.54. The predicted octanol–water partition coefficient (Wildman–Crippen LogP) is -2.81. The Labute approximate surface area is 144 Å². The van der Waals surface area contributed by atoms with Crippen LogP contribution in [0.5, 0.6) is 0 Å². The molecule has 14 heavy (non-hydrogen) atoms.